The molecule has 0 saturated carbocycles. The lowest BCUT2D eigenvalue weighted by molar-refractivity contribution is -0.137. The van der Waals surface area contributed by atoms with E-state index < -0.39 is 11.7 Å². The summed E-state index contributed by atoms with van der Waals surface area (Å²) in [4.78, 5) is 0. The third-order valence-corrected chi connectivity index (χ3v) is 2.37. The fourth-order valence-corrected chi connectivity index (χ4v) is 1.59. The Labute approximate surface area is 96.0 Å². The standard InChI is InChI=1S/C8H4BrF3N4/c9-4-1-2-6(8(10,11)12)5(3-4)7-13-15-16-14-7/h1-3H,(H,13,14,15,16). The number of hydrogen-bond acceptors (Lipinski definition) is 3. The van der Waals surface area contributed by atoms with Gasteiger partial charge >= 0.3 is 6.18 Å². The third kappa shape index (κ3) is 2.06. The molecule has 1 N–H and O–H groups in total. The predicted octanol–water partition coefficient (Wildman–Crippen LogP) is 2.65. The van der Waals surface area contributed by atoms with Crippen molar-refractivity contribution in [1.29, 1.82) is 0 Å². The molecule has 16 heavy (non-hydrogen) atoms. The van der Waals surface area contributed by atoms with Gasteiger partial charge in [-0.3, -0.25) is 0 Å². The second-order valence-corrected chi connectivity index (χ2v) is 3.84. The van der Waals surface area contributed by atoms with Crippen LogP contribution in [0.25, 0.3) is 11.4 Å². The lowest BCUT2D eigenvalue weighted by Gasteiger charge is -2.10. The summed E-state index contributed by atoms with van der Waals surface area (Å²) >= 11 is 3.10. The van der Waals surface area contributed by atoms with Gasteiger partial charge in [-0.05, 0) is 23.4 Å². The Hall–Kier alpha value is -1.44. The topological polar surface area (TPSA) is 54.5 Å². The molecule has 1 aromatic carbocycles. The average Bonchev–Trinajstić information content (AvgIpc) is 2.68. The van der Waals surface area contributed by atoms with Gasteiger partial charge in [0.2, 0.25) is 5.82 Å². The van der Waals surface area contributed by atoms with Gasteiger partial charge in [0.1, 0.15) is 0 Å². The number of aromatic amines is 1. The van der Waals surface area contributed by atoms with E-state index >= 15 is 0 Å². The van der Waals surface area contributed by atoms with Gasteiger partial charge in [-0.25, -0.2) is 0 Å². The number of halogens is 4. The number of alkyl halides is 3. The van der Waals surface area contributed by atoms with Crippen molar-refractivity contribution in [3.05, 3.63) is 28.2 Å². The molecule has 84 valence electrons. The Morgan fingerprint density at radius 3 is 2.56 bits per heavy atom. The van der Waals surface area contributed by atoms with E-state index in [0.29, 0.717) is 4.47 Å². The first-order chi connectivity index (χ1) is 7.48. The summed E-state index contributed by atoms with van der Waals surface area (Å²) in [6, 6.07) is 3.58. The lowest BCUT2D eigenvalue weighted by atomic mass is 10.1. The molecular formula is C8H4BrF3N4. The number of hydrogen-bond donors (Lipinski definition) is 1. The Morgan fingerprint density at radius 1 is 1.25 bits per heavy atom. The van der Waals surface area contributed by atoms with Crippen LogP contribution in [0, 0.1) is 0 Å². The van der Waals surface area contributed by atoms with Crippen molar-refractivity contribution in [2.45, 2.75) is 6.18 Å². The van der Waals surface area contributed by atoms with Gasteiger partial charge < -0.3 is 0 Å². The second-order valence-electron chi connectivity index (χ2n) is 2.92. The molecule has 8 heteroatoms. The largest absolute Gasteiger partial charge is 0.417 e. The summed E-state index contributed by atoms with van der Waals surface area (Å²) in [5.41, 5.74) is -0.910. The molecule has 0 radical (unpaired) electrons. The molecule has 2 aromatic rings. The SMILES string of the molecule is FC(F)(F)c1ccc(Br)cc1-c1nn[nH]n1. The van der Waals surface area contributed by atoms with Crippen molar-refractivity contribution in [2.75, 3.05) is 0 Å². The minimum absolute atomic E-state index is 0.0892. The molecule has 0 aliphatic carbocycles. The van der Waals surface area contributed by atoms with Crippen LogP contribution in [0.1, 0.15) is 5.56 Å². The maximum atomic E-state index is 12.7. The first-order valence-electron chi connectivity index (χ1n) is 4.09. The van der Waals surface area contributed by atoms with Crippen LogP contribution in [-0.4, -0.2) is 20.6 Å². The molecule has 0 atom stereocenters. The van der Waals surface area contributed by atoms with Crippen LogP contribution >= 0.6 is 15.9 Å². The van der Waals surface area contributed by atoms with Crippen LogP contribution < -0.4 is 0 Å². The number of nitrogens with one attached hydrogen (secondary N) is 1. The zero-order valence-electron chi connectivity index (χ0n) is 7.59. The number of tetrazole rings is 1. The van der Waals surface area contributed by atoms with Crippen molar-refractivity contribution in [3.8, 4) is 11.4 Å². The smallest absolute Gasteiger partial charge is 0.177 e. The fraction of sp³-hybridized carbons (Fsp3) is 0.125. The monoisotopic (exact) mass is 292 g/mol. The van der Waals surface area contributed by atoms with E-state index in [9.17, 15) is 13.2 Å². The van der Waals surface area contributed by atoms with Crippen molar-refractivity contribution >= 4 is 15.9 Å². The highest BCUT2D eigenvalue weighted by Crippen LogP contribution is 2.36. The third-order valence-electron chi connectivity index (χ3n) is 1.87. The Kier molecular flexibility index (Phi) is 2.66. The van der Waals surface area contributed by atoms with Crippen molar-refractivity contribution in [2.24, 2.45) is 0 Å². The van der Waals surface area contributed by atoms with E-state index in [-0.39, 0.29) is 11.4 Å². The molecule has 0 fully saturated rings. The fourth-order valence-electron chi connectivity index (χ4n) is 1.22. The van der Waals surface area contributed by atoms with Crippen LogP contribution in [0.4, 0.5) is 13.2 Å². The highest BCUT2D eigenvalue weighted by molar-refractivity contribution is 9.10. The van der Waals surface area contributed by atoms with E-state index in [1.165, 1.54) is 12.1 Å². The van der Waals surface area contributed by atoms with Crippen molar-refractivity contribution in [3.63, 3.8) is 0 Å². The maximum absolute atomic E-state index is 12.7. The zero-order valence-corrected chi connectivity index (χ0v) is 9.17. The van der Waals surface area contributed by atoms with Crippen LogP contribution in [0.2, 0.25) is 0 Å². The van der Waals surface area contributed by atoms with Crippen molar-refractivity contribution in [1.82, 2.24) is 20.6 Å². The minimum atomic E-state index is -4.45. The molecule has 1 heterocycles. The molecule has 0 spiro atoms. The number of rotatable bonds is 1. The quantitative estimate of drug-likeness (QED) is 0.879. The molecule has 0 aliphatic heterocycles. The van der Waals surface area contributed by atoms with Gasteiger partial charge in [0, 0.05) is 10.0 Å². The van der Waals surface area contributed by atoms with Gasteiger partial charge in [-0.2, -0.15) is 18.4 Å². The maximum Gasteiger partial charge on any atom is 0.417 e. The Bertz CT molecular complexity index is 494. The van der Waals surface area contributed by atoms with Crippen LogP contribution in [0.3, 0.4) is 0 Å². The van der Waals surface area contributed by atoms with Gasteiger partial charge in [0.15, 0.2) is 0 Å². The van der Waals surface area contributed by atoms with Crippen molar-refractivity contribution < 1.29 is 13.2 Å². The van der Waals surface area contributed by atoms with E-state index in [0.717, 1.165) is 6.07 Å². The number of nitrogens with zero attached hydrogens (tertiary/aromatic N) is 3. The number of benzene rings is 1. The van der Waals surface area contributed by atoms with E-state index in [4.69, 9.17) is 0 Å². The van der Waals surface area contributed by atoms with Gasteiger partial charge in [0.25, 0.3) is 0 Å². The second kappa shape index (κ2) is 3.85. The molecule has 0 bridgehead atoms. The summed E-state index contributed by atoms with van der Waals surface area (Å²) in [7, 11) is 0. The molecular weight excluding hydrogens is 289 g/mol. The molecule has 0 unspecified atom stereocenters. The van der Waals surface area contributed by atoms with Gasteiger partial charge in [-0.15, -0.1) is 10.2 Å². The van der Waals surface area contributed by atoms with Crippen LogP contribution in [0.15, 0.2) is 22.7 Å². The van der Waals surface area contributed by atoms with E-state index in [1.54, 1.807) is 0 Å². The summed E-state index contributed by atoms with van der Waals surface area (Å²) in [6.07, 6.45) is -4.45. The highest BCUT2D eigenvalue weighted by atomic mass is 79.9. The van der Waals surface area contributed by atoms with E-state index in [2.05, 4.69) is 36.6 Å². The molecule has 0 amide bonds. The highest BCUT2D eigenvalue weighted by Gasteiger charge is 2.34. The summed E-state index contributed by atoms with van der Waals surface area (Å²) < 4.78 is 38.5. The normalized spacial score (nSPS) is 11.8. The Morgan fingerprint density at radius 2 is 2.00 bits per heavy atom. The van der Waals surface area contributed by atoms with Gasteiger partial charge in [-0.1, -0.05) is 15.9 Å². The molecule has 0 saturated heterocycles. The van der Waals surface area contributed by atoms with E-state index in [1.807, 2.05) is 0 Å². The first kappa shape index (κ1) is 11.1. The summed E-state index contributed by atoms with van der Waals surface area (Å²) in [5.74, 6) is -0.0892. The number of H-pyrrole nitrogens is 1. The zero-order chi connectivity index (χ0) is 11.8. The summed E-state index contributed by atoms with van der Waals surface area (Å²) in [6.45, 7) is 0. The minimum Gasteiger partial charge on any atom is -0.177 e. The lowest BCUT2D eigenvalue weighted by Crippen LogP contribution is -2.07. The molecule has 0 aliphatic rings. The van der Waals surface area contributed by atoms with Gasteiger partial charge in [0.05, 0.1) is 5.56 Å². The molecule has 2 rings (SSSR count). The van der Waals surface area contributed by atoms with Crippen LogP contribution in [0.5, 0.6) is 0 Å². The Balaban J connectivity index is 2.63. The summed E-state index contributed by atoms with van der Waals surface area (Å²) in [5, 5.41) is 12.4. The number of aromatic nitrogens is 4. The average molecular weight is 293 g/mol. The first-order valence-corrected chi connectivity index (χ1v) is 4.88. The molecule has 1 aromatic heterocycles. The predicted molar refractivity (Wildman–Crippen MR) is 52.3 cm³/mol. The van der Waals surface area contributed by atoms with Crippen LogP contribution in [-0.2, 0) is 6.18 Å². The molecule has 4 nitrogen and oxygen atoms in total.